The smallest absolute Gasteiger partial charge is 0.199 e. The minimum atomic E-state index is 1.12. The van der Waals surface area contributed by atoms with Crippen LogP contribution >= 0.6 is 0 Å². The Hall–Kier alpha value is -3.65. The van der Waals surface area contributed by atoms with E-state index in [-0.39, 0.29) is 0 Å². The number of rotatable bonds is 8. The van der Waals surface area contributed by atoms with E-state index < -0.39 is 0 Å². The van der Waals surface area contributed by atoms with Crippen LogP contribution in [-0.4, -0.2) is 38.5 Å². The first-order valence-corrected chi connectivity index (χ1v) is 10.8. The van der Waals surface area contributed by atoms with E-state index in [1.807, 2.05) is 13.0 Å². The molecule has 1 aliphatic carbocycles. The van der Waals surface area contributed by atoms with Crippen LogP contribution in [0, 0.1) is 0 Å². The van der Waals surface area contributed by atoms with Gasteiger partial charge < -0.3 is 4.90 Å². The number of hydrogen-bond acceptors (Lipinski definition) is 1. The molecule has 1 aromatic carbocycles. The standard InChI is InChI=1S/C30H35N2/c1-7-9-10-25(8-2)11-12-26(13-15-27-17-21-29(22-18-27)31(3)4)14-16-28-19-23-30(24-20-28)32(5)6/h7-24H,1H2,2-6H3/q+1. The van der Waals surface area contributed by atoms with Gasteiger partial charge in [0.2, 0.25) is 0 Å². The quantitative estimate of drug-likeness (QED) is 0.333. The number of nitrogens with zero attached hydrogens (tertiary/aromatic N) is 2. The summed E-state index contributed by atoms with van der Waals surface area (Å²) in [5.74, 6) is 0. The maximum Gasteiger partial charge on any atom is 0.199 e. The largest absolute Gasteiger partial charge is 0.378 e. The van der Waals surface area contributed by atoms with E-state index in [0.717, 1.165) is 11.1 Å². The fourth-order valence-corrected chi connectivity index (χ4v) is 2.94. The summed E-state index contributed by atoms with van der Waals surface area (Å²) < 4.78 is 2.10. The van der Waals surface area contributed by atoms with Gasteiger partial charge in [-0.2, -0.15) is 0 Å². The summed E-state index contributed by atoms with van der Waals surface area (Å²) in [5.41, 5.74) is 6.98. The molecule has 0 amide bonds. The van der Waals surface area contributed by atoms with Crippen LogP contribution < -0.4 is 4.90 Å². The Labute approximate surface area is 194 Å². The van der Waals surface area contributed by atoms with Crippen molar-refractivity contribution < 1.29 is 4.58 Å². The number of benzene rings is 1. The molecular weight excluding hydrogens is 388 g/mol. The molecule has 0 fully saturated rings. The minimum absolute atomic E-state index is 1.12. The third-order valence-electron chi connectivity index (χ3n) is 4.98. The molecular formula is C30H35N2+. The lowest BCUT2D eigenvalue weighted by molar-refractivity contribution is -0.462. The van der Waals surface area contributed by atoms with Gasteiger partial charge in [0.05, 0.1) is 0 Å². The Morgan fingerprint density at radius 1 is 0.875 bits per heavy atom. The highest BCUT2D eigenvalue weighted by atomic mass is 15.1. The molecule has 0 aliphatic heterocycles. The average molecular weight is 424 g/mol. The second kappa shape index (κ2) is 12.9. The highest BCUT2D eigenvalue weighted by Gasteiger charge is 2.03. The Balaban J connectivity index is 2.31. The van der Waals surface area contributed by atoms with Crippen LogP contribution in [0.5, 0.6) is 0 Å². The van der Waals surface area contributed by atoms with E-state index in [1.54, 1.807) is 6.08 Å². The van der Waals surface area contributed by atoms with Gasteiger partial charge in [-0.3, -0.25) is 0 Å². The van der Waals surface area contributed by atoms with Crippen molar-refractivity contribution in [3.63, 3.8) is 0 Å². The predicted octanol–water partition coefficient (Wildman–Crippen LogP) is 6.70. The van der Waals surface area contributed by atoms with Crippen molar-refractivity contribution in [2.45, 2.75) is 6.92 Å². The highest BCUT2D eigenvalue weighted by molar-refractivity contribution is 6.02. The molecule has 0 aromatic heterocycles. The summed E-state index contributed by atoms with van der Waals surface area (Å²) in [6.07, 6.45) is 29.3. The zero-order valence-corrected chi connectivity index (χ0v) is 20.0. The molecule has 2 heteroatoms. The first-order valence-electron chi connectivity index (χ1n) is 10.8. The SMILES string of the molecule is C=CC=CC(C=CC(C=Cc1ccc(N(C)C)cc1)=CC=C1C=CC(=[N+](C)C)C=C1)=CC. The predicted molar refractivity (Wildman–Crippen MR) is 144 cm³/mol. The van der Waals surface area contributed by atoms with E-state index >= 15 is 0 Å². The van der Waals surface area contributed by atoms with Gasteiger partial charge in [-0.05, 0) is 53.5 Å². The summed E-state index contributed by atoms with van der Waals surface area (Å²) in [4.78, 5) is 2.10. The van der Waals surface area contributed by atoms with Gasteiger partial charge in [0, 0.05) is 31.9 Å². The highest BCUT2D eigenvalue weighted by Crippen LogP contribution is 2.15. The van der Waals surface area contributed by atoms with E-state index in [2.05, 4.69) is 141 Å². The van der Waals surface area contributed by atoms with Crippen molar-refractivity contribution in [1.82, 2.24) is 0 Å². The van der Waals surface area contributed by atoms with Crippen LogP contribution in [0.3, 0.4) is 0 Å². The van der Waals surface area contributed by atoms with Crippen molar-refractivity contribution in [3.8, 4) is 0 Å². The Kier molecular flexibility index (Phi) is 9.93. The van der Waals surface area contributed by atoms with Crippen LogP contribution in [0.1, 0.15) is 12.5 Å². The molecule has 0 heterocycles. The topological polar surface area (TPSA) is 6.25 Å². The molecule has 0 unspecified atom stereocenters. The fraction of sp³-hybridized carbons (Fsp3) is 0.167. The molecule has 0 N–H and O–H groups in total. The van der Waals surface area contributed by atoms with E-state index in [1.165, 1.54) is 22.5 Å². The summed E-state index contributed by atoms with van der Waals surface area (Å²) in [6, 6.07) is 8.55. The molecule has 0 atom stereocenters. The molecule has 164 valence electrons. The molecule has 0 saturated heterocycles. The van der Waals surface area contributed by atoms with Gasteiger partial charge in [0.1, 0.15) is 14.1 Å². The van der Waals surface area contributed by atoms with E-state index in [4.69, 9.17) is 0 Å². The van der Waals surface area contributed by atoms with E-state index in [0.29, 0.717) is 0 Å². The molecule has 0 saturated carbocycles. The average Bonchev–Trinajstić information content (AvgIpc) is 2.80. The molecule has 2 nitrogen and oxygen atoms in total. The van der Waals surface area contributed by atoms with Gasteiger partial charge in [-0.1, -0.05) is 79.5 Å². The van der Waals surface area contributed by atoms with Crippen LogP contribution in [0.25, 0.3) is 6.08 Å². The monoisotopic (exact) mass is 423 g/mol. The first kappa shape index (κ1) is 24.6. The molecule has 0 spiro atoms. The third-order valence-corrected chi connectivity index (χ3v) is 4.98. The van der Waals surface area contributed by atoms with Gasteiger partial charge in [0.25, 0.3) is 0 Å². The molecule has 2 rings (SSSR count). The minimum Gasteiger partial charge on any atom is -0.378 e. The van der Waals surface area contributed by atoms with Gasteiger partial charge in [-0.25, -0.2) is 4.58 Å². The summed E-state index contributed by atoms with van der Waals surface area (Å²) >= 11 is 0. The first-order chi connectivity index (χ1) is 15.4. The van der Waals surface area contributed by atoms with Gasteiger partial charge in [0.15, 0.2) is 5.71 Å². The molecule has 0 radical (unpaired) electrons. The maximum absolute atomic E-state index is 3.75. The van der Waals surface area contributed by atoms with Gasteiger partial charge in [-0.15, -0.1) is 0 Å². The van der Waals surface area contributed by atoms with Crippen molar-refractivity contribution in [3.05, 3.63) is 132 Å². The van der Waals surface area contributed by atoms with Crippen LogP contribution in [-0.2, 0) is 0 Å². The van der Waals surface area contributed by atoms with Crippen LogP contribution in [0.15, 0.2) is 127 Å². The second-order valence-corrected chi connectivity index (χ2v) is 7.86. The second-order valence-electron chi connectivity index (χ2n) is 7.86. The fourth-order valence-electron chi connectivity index (χ4n) is 2.94. The Morgan fingerprint density at radius 3 is 2.09 bits per heavy atom. The molecule has 32 heavy (non-hydrogen) atoms. The molecule has 0 bridgehead atoms. The lowest BCUT2D eigenvalue weighted by Gasteiger charge is -2.11. The van der Waals surface area contributed by atoms with Crippen molar-refractivity contribution in [2.24, 2.45) is 0 Å². The van der Waals surface area contributed by atoms with Crippen LogP contribution in [0.4, 0.5) is 5.69 Å². The number of anilines is 1. The number of allylic oxidation sites excluding steroid dienone is 16. The summed E-state index contributed by atoms with van der Waals surface area (Å²) in [5, 5.41) is 0. The zero-order chi connectivity index (χ0) is 23.3. The summed E-state index contributed by atoms with van der Waals surface area (Å²) in [7, 11) is 8.21. The lowest BCUT2D eigenvalue weighted by atomic mass is 10.1. The molecule has 1 aliphatic rings. The zero-order valence-electron chi connectivity index (χ0n) is 20.0. The van der Waals surface area contributed by atoms with Crippen molar-refractivity contribution in [1.29, 1.82) is 0 Å². The Morgan fingerprint density at radius 2 is 1.53 bits per heavy atom. The third kappa shape index (κ3) is 8.23. The van der Waals surface area contributed by atoms with Gasteiger partial charge >= 0.3 is 0 Å². The summed E-state index contributed by atoms with van der Waals surface area (Å²) in [6.45, 7) is 5.79. The van der Waals surface area contributed by atoms with E-state index in [9.17, 15) is 0 Å². The Bertz CT molecular complexity index is 1040. The van der Waals surface area contributed by atoms with Crippen molar-refractivity contribution >= 4 is 17.5 Å². The lowest BCUT2D eigenvalue weighted by Crippen LogP contribution is -2.09. The van der Waals surface area contributed by atoms with Crippen LogP contribution in [0.2, 0.25) is 0 Å². The maximum atomic E-state index is 3.75. The number of hydrogen-bond donors (Lipinski definition) is 0. The van der Waals surface area contributed by atoms with Crippen molar-refractivity contribution in [2.75, 3.05) is 33.1 Å². The molecule has 1 aromatic rings. The normalized spacial score (nSPS) is 14.8.